The molecule has 7 nitrogen and oxygen atoms in total. The highest BCUT2D eigenvalue weighted by Gasteiger charge is 2.21. The first-order chi connectivity index (χ1) is 15.0. The van der Waals surface area contributed by atoms with Crippen molar-refractivity contribution in [2.75, 3.05) is 28.6 Å². The summed E-state index contributed by atoms with van der Waals surface area (Å²) in [5.74, 6) is 0. The van der Waals surface area contributed by atoms with Gasteiger partial charge in [0.1, 0.15) is 0 Å². The molecule has 2 heterocycles. The molecule has 4 rings (SSSR count). The van der Waals surface area contributed by atoms with Crippen molar-refractivity contribution in [2.45, 2.75) is 53.1 Å². The SMILES string of the molecule is CCc1ccc(NC(=O)Nc2cc3c(cc2N2CCCC2)n(CC)c(=O)n3CC)cc1. The fraction of sp³-hybridized carbons (Fsp3) is 0.417. The van der Waals surface area contributed by atoms with Crippen molar-refractivity contribution in [1.82, 2.24) is 9.13 Å². The molecule has 3 aromatic rings. The molecule has 2 amide bonds. The average molecular weight is 422 g/mol. The molecular weight excluding hydrogens is 390 g/mol. The van der Waals surface area contributed by atoms with E-state index in [0.717, 1.165) is 60.4 Å². The highest BCUT2D eigenvalue weighted by atomic mass is 16.2. The number of nitrogens with zero attached hydrogens (tertiary/aromatic N) is 3. The van der Waals surface area contributed by atoms with Crippen LogP contribution < -0.4 is 21.2 Å². The van der Waals surface area contributed by atoms with E-state index in [1.807, 2.05) is 44.2 Å². The van der Waals surface area contributed by atoms with Gasteiger partial charge in [0.15, 0.2) is 0 Å². The van der Waals surface area contributed by atoms with Crippen molar-refractivity contribution in [3.63, 3.8) is 0 Å². The molecule has 164 valence electrons. The third-order valence-corrected chi connectivity index (χ3v) is 6.08. The lowest BCUT2D eigenvalue weighted by Crippen LogP contribution is -2.24. The van der Waals surface area contributed by atoms with Gasteiger partial charge in [0, 0.05) is 31.9 Å². The predicted octanol–water partition coefficient (Wildman–Crippen LogP) is 4.65. The van der Waals surface area contributed by atoms with E-state index in [1.165, 1.54) is 5.56 Å². The number of hydrogen-bond donors (Lipinski definition) is 2. The normalized spacial score (nSPS) is 13.7. The minimum atomic E-state index is -0.288. The number of carbonyl (C=O) groups excluding carboxylic acids is 1. The lowest BCUT2D eigenvalue weighted by atomic mass is 10.1. The standard InChI is InChI=1S/C24H31N5O2/c1-4-17-9-11-18(12-10-17)25-23(30)26-19-15-21-22(16-20(19)27-13-7-8-14-27)29(6-3)24(31)28(21)5-2/h9-12,15-16H,4-8,13-14H2,1-3H3,(H2,25,26,30). The van der Waals surface area contributed by atoms with Crippen LogP contribution in [0.15, 0.2) is 41.2 Å². The Balaban J connectivity index is 1.71. The van der Waals surface area contributed by atoms with Gasteiger partial charge in [-0.25, -0.2) is 9.59 Å². The van der Waals surface area contributed by atoms with Crippen molar-refractivity contribution in [3.8, 4) is 0 Å². The van der Waals surface area contributed by atoms with Crippen LogP contribution >= 0.6 is 0 Å². The molecule has 1 aliphatic heterocycles. The molecule has 0 saturated carbocycles. The van der Waals surface area contributed by atoms with E-state index >= 15 is 0 Å². The number of benzene rings is 2. The third-order valence-electron chi connectivity index (χ3n) is 6.08. The summed E-state index contributed by atoms with van der Waals surface area (Å²) in [6.45, 7) is 9.15. The lowest BCUT2D eigenvalue weighted by molar-refractivity contribution is 0.262. The number of imidazole rings is 1. The molecular formula is C24H31N5O2. The van der Waals surface area contributed by atoms with E-state index in [9.17, 15) is 9.59 Å². The largest absolute Gasteiger partial charge is 0.370 e. The zero-order chi connectivity index (χ0) is 22.0. The van der Waals surface area contributed by atoms with E-state index in [4.69, 9.17) is 0 Å². The Bertz CT molecular complexity index is 1140. The molecule has 2 N–H and O–H groups in total. The second-order valence-electron chi connectivity index (χ2n) is 7.95. The molecule has 31 heavy (non-hydrogen) atoms. The Morgan fingerprint density at radius 3 is 2.10 bits per heavy atom. The van der Waals surface area contributed by atoms with E-state index in [-0.39, 0.29) is 11.7 Å². The van der Waals surface area contributed by atoms with Gasteiger partial charge in [0.2, 0.25) is 0 Å². The maximum absolute atomic E-state index is 12.8. The molecule has 7 heteroatoms. The summed E-state index contributed by atoms with van der Waals surface area (Å²) in [6, 6.07) is 11.6. The van der Waals surface area contributed by atoms with Gasteiger partial charge in [-0.3, -0.25) is 9.13 Å². The number of anilines is 3. The van der Waals surface area contributed by atoms with Gasteiger partial charge in [0.25, 0.3) is 0 Å². The molecule has 1 saturated heterocycles. The number of carbonyl (C=O) groups is 1. The number of aryl methyl sites for hydroxylation is 3. The summed E-state index contributed by atoms with van der Waals surface area (Å²) in [7, 11) is 0. The van der Waals surface area contributed by atoms with Gasteiger partial charge in [-0.2, -0.15) is 0 Å². The van der Waals surface area contributed by atoms with Crippen LogP contribution in [0, 0.1) is 0 Å². The summed E-state index contributed by atoms with van der Waals surface area (Å²) in [5.41, 5.74) is 5.43. The molecule has 0 unspecified atom stereocenters. The Morgan fingerprint density at radius 2 is 1.52 bits per heavy atom. The van der Waals surface area contributed by atoms with Crippen LogP contribution in [0.2, 0.25) is 0 Å². The van der Waals surface area contributed by atoms with Crippen LogP contribution in [0.4, 0.5) is 21.9 Å². The monoisotopic (exact) mass is 421 g/mol. The zero-order valence-electron chi connectivity index (χ0n) is 18.6. The van der Waals surface area contributed by atoms with Gasteiger partial charge < -0.3 is 15.5 Å². The highest BCUT2D eigenvalue weighted by Crippen LogP contribution is 2.33. The fourth-order valence-electron chi connectivity index (χ4n) is 4.39. The van der Waals surface area contributed by atoms with Crippen LogP contribution in [-0.2, 0) is 19.5 Å². The quantitative estimate of drug-likeness (QED) is 0.609. The minimum Gasteiger partial charge on any atom is -0.370 e. The zero-order valence-corrected chi connectivity index (χ0v) is 18.6. The van der Waals surface area contributed by atoms with Crippen molar-refractivity contribution < 1.29 is 4.79 Å². The maximum Gasteiger partial charge on any atom is 0.329 e. The molecule has 0 radical (unpaired) electrons. The fourth-order valence-corrected chi connectivity index (χ4v) is 4.39. The molecule has 1 fully saturated rings. The summed E-state index contributed by atoms with van der Waals surface area (Å²) >= 11 is 0. The van der Waals surface area contributed by atoms with Crippen LogP contribution in [0.5, 0.6) is 0 Å². The first-order valence-corrected chi connectivity index (χ1v) is 11.2. The van der Waals surface area contributed by atoms with Crippen molar-refractivity contribution in [1.29, 1.82) is 0 Å². The van der Waals surface area contributed by atoms with E-state index in [2.05, 4.69) is 28.5 Å². The topological polar surface area (TPSA) is 71.3 Å². The molecule has 2 aromatic carbocycles. The van der Waals surface area contributed by atoms with Gasteiger partial charge in [-0.05, 0) is 62.9 Å². The third kappa shape index (κ3) is 4.04. The Morgan fingerprint density at radius 1 is 0.903 bits per heavy atom. The molecule has 0 aliphatic carbocycles. The number of hydrogen-bond acceptors (Lipinski definition) is 3. The van der Waals surface area contributed by atoms with Gasteiger partial charge in [-0.1, -0.05) is 19.1 Å². The first-order valence-electron chi connectivity index (χ1n) is 11.2. The van der Waals surface area contributed by atoms with Crippen molar-refractivity contribution >= 4 is 34.1 Å². The number of amides is 2. The van der Waals surface area contributed by atoms with E-state index in [0.29, 0.717) is 13.1 Å². The number of fused-ring (bicyclic) bond motifs is 1. The summed E-state index contributed by atoms with van der Waals surface area (Å²) in [6.07, 6.45) is 3.22. The second-order valence-corrected chi connectivity index (χ2v) is 7.95. The van der Waals surface area contributed by atoms with Crippen LogP contribution in [-0.4, -0.2) is 28.3 Å². The molecule has 0 bridgehead atoms. The number of urea groups is 1. The Kier molecular flexibility index (Phi) is 6.02. The number of aromatic nitrogens is 2. The molecule has 1 aliphatic rings. The highest BCUT2D eigenvalue weighted by molar-refractivity contribution is 6.04. The van der Waals surface area contributed by atoms with Crippen LogP contribution in [0.25, 0.3) is 11.0 Å². The van der Waals surface area contributed by atoms with Crippen molar-refractivity contribution in [2.24, 2.45) is 0 Å². The molecule has 0 spiro atoms. The summed E-state index contributed by atoms with van der Waals surface area (Å²) in [5, 5.41) is 5.96. The second kappa shape index (κ2) is 8.88. The maximum atomic E-state index is 12.8. The lowest BCUT2D eigenvalue weighted by Gasteiger charge is -2.22. The van der Waals surface area contributed by atoms with Gasteiger partial charge in [0.05, 0.1) is 22.4 Å². The van der Waals surface area contributed by atoms with Gasteiger partial charge >= 0.3 is 11.7 Å². The molecule has 1 aromatic heterocycles. The Hall–Kier alpha value is -3.22. The van der Waals surface area contributed by atoms with Crippen LogP contribution in [0.3, 0.4) is 0 Å². The summed E-state index contributed by atoms with van der Waals surface area (Å²) in [4.78, 5) is 27.9. The molecule has 0 atom stereocenters. The Labute approximate surface area is 182 Å². The first kappa shape index (κ1) is 21.0. The smallest absolute Gasteiger partial charge is 0.329 e. The van der Waals surface area contributed by atoms with E-state index in [1.54, 1.807) is 9.13 Å². The number of rotatable bonds is 6. The number of nitrogens with one attached hydrogen (secondary N) is 2. The van der Waals surface area contributed by atoms with Crippen LogP contribution in [0.1, 0.15) is 39.2 Å². The van der Waals surface area contributed by atoms with Crippen molar-refractivity contribution in [3.05, 3.63) is 52.4 Å². The predicted molar refractivity (Wildman–Crippen MR) is 127 cm³/mol. The van der Waals surface area contributed by atoms with Gasteiger partial charge in [-0.15, -0.1) is 0 Å². The average Bonchev–Trinajstić information content (AvgIpc) is 3.39. The summed E-state index contributed by atoms with van der Waals surface area (Å²) < 4.78 is 3.57. The van der Waals surface area contributed by atoms with E-state index < -0.39 is 0 Å². The minimum absolute atomic E-state index is 0.00927.